The monoisotopic (exact) mass is 258 g/mol. The predicted molar refractivity (Wildman–Crippen MR) is 67.2 cm³/mol. The van der Waals surface area contributed by atoms with Gasteiger partial charge in [0.25, 0.3) is 0 Å². The Balaban J connectivity index is 1.90. The maximum atomic E-state index is 11.9. The summed E-state index contributed by atoms with van der Waals surface area (Å²) in [5, 5.41) is 0. The largest absolute Gasteiger partial charge is 0.341 e. The van der Waals surface area contributed by atoms with Gasteiger partial charge in [0.1, 0.15) is 10.9 Å². The zero-order chi connectivity index (χ0) is 11.5. The van der Waals surface area contributed by atoms with Crippen molar-refractivity contribution in [1.29, 1.82) is 0 Å². The molecule has 2 heterocycles. The first-order valence-corrected chi connectivity index (χ1v) is 6.83. The first kappa shape index (κ1) is 11.9. The Kier molecular flexibility index (Phi) is 3.81. The van der Waals surface area contributed by atoms with Crippen molar-refractivity contribution in [1.82, 2.24) is 9.80 Å². The summed E-state index contributed by atoms with van der Waals surface area (Å²) < 4.78 is 0.537. The molecule has 6 heteroatoms. The fourth-order valence-corrected chi connectivity index (χ4v) is 2.98. The lowest BCUT2D eigenvalue weighted by Crippen LogP contribution is -2.44. The number of thioether (sulfide) groups is 1. The molecule has 2 saturated heterocycles. The Bertz CT molecular complexity index is 311. The molecule has 2 amide bonds. The summed E-state index contributed by atoms with van der Waals surface area (Å²) in [5.74, 6) is 0.366. The third-order valence-electron chi connectivity index (χ3n) is 2.84. The number of hydrogen-bond donors (Lipinski definition) is 0. The van der Waals surface area contributed by atoms with Gasteiger partial charge in [-0.25, -0.2) is 0 Å². The van der Waals surface area contributed by atoms with Gasteiger partial charge in [-0.15, -0.1) is 0 Å². The van der Waals surface area contributed by atoms with Crippen molar-refractivity contribution in [2.24, 2.45) is 0 Å². The number of thiocarbonyl (C=S) groups is 1. The van der Waals surface area contributed by atoms with E-state index in [-0.39, 0.29) is 18.4 Å². The summed E-state index contributed by atoms with van der Waals surface area (Å²) in [6, 6.07) is 0. The Morgan fingerprint density at radius 2 is 2.00 bits per heavy atom. The highest BCUT2D eigenvalue weighted by molar-refractivity contribution is 8.23. The van der Waals surface area contributed by atoms with Gasteiger partial charge in [0.05, 0.1) is 5.75 Å². The molecule has 0 radical (unpaired) electrons. The van der Waals surface area contributed by atoms with Gasteiger partial charge in [0, 0.05) is 13.1 Å². The van der Waals surface area contributed by atoms with E-state index in [1.807, 2.05) is 4.90 Å². The van der Waals surface area contributed by atoms with E-state index in [1.54, 1.807) is 0 Å². The molecule has 0 bridgehead atoms. The molecule has 0 atom stereocenters. The number of rotatable bonds is 2. The fraction of sp³-hybridized carbons (Fsp3) is 0.700. The Hall–Kier alpha value is -0.620. The summed E-state index contributed by atoms with van der Waals surface area (Å²) in [4.78, 5) is 26.6. The average Bonchev–Trinajstić information content (AvgIpc) is 2.62. The zero-order valence-electron chi connectivity index (χ0n) is 8.98. The SMILES string of the molecule is O=C(CN1C(=O)CSC1=S)N1CCCCC1. The first-order chi connectivity index (χ1) is 7.68. The lowest BCUT2D eigenvalue weighted by molar-refractivity contribution is -0.136. The van der Waals surface area contributed by atoms with Crippen molar-refractivity contribution in [2.45, 2.75) is 19.3 Å². The minimum atomic E-state index is -0.0413. The van der Waals surface area contributed by atoms with Gasteiger partial charge < -0.3 is 4.90 Å². The van der Waals surface area contributed by atoms with Crippen LogP contribution in [0, 0.1) is 0 Å². The molecule has 0 aromatic heterocycles. The topological polar surface area (TPSA) is 40.6 Å². The van der Waals surface area contributed by atoms with Crippen LogP contribution in [0.15, 0.2) is 0 Å². The lowest BCUT2D eigenvalue weighted by Gasteiger charge is -2.28. The van der Waals surface area contributed by atoms with E-state index in [0.717, 1.165) is 25.9 Å². The lowest BCUT2D eigenvalue weighted by atomic mass is 10.1. The smallest absolute Gasteiger partial charge is 0.242 e. The van der Waals surface area contributed by atoms with Crippen LogP contribution in [0.3, 0.4) is 0 Å². The van der Waals surface area contributed by atoms with E-state index in [2.05, 4.69) is 0 Å². The van der Waals surface area contributed by atoms with E-state index < -0.39 is 0 Å². The van der Waals surface area contributed by atoms with E-state index in [0.29, 0.717) is 10.1 Å². The maximum absolute atomic E-state index is 11.9. The van der Waals surface area contributed by atoms with Crippen LogP contribution in [0.5, 0.6) is 0 Å². The van der Waals surface area contributed by atoms with Crippen molar-refractivity contribution >= 4 is 40.1 Å². The number of amides is 2. The summed E-state index contributed by atoms with van der Waals surface area (Å²) in [6.07, 6.45) is 3.33. The molecule has 2 rings (SSSR count). The predicted octanol–water partition coefficient (Wildman–Crippen LogP) is 0.859. The molecule has 0 aliphatic carbocycles. The van der Waals surface area contributed by atoms with E-state index >= 15 is 0 Å². The van der Waals surface area contributed by atoms with Crippen molar-refractivity contribution in [3.63, 3.8) is 0 Å². The molecule has 0 saturated carbocycles. The van der Waals surface area contributed by atoms with E-state index in [9.17, 15) is 9.59 Å². The van der Waals surface area contributed by atoms with Crippen LogP contribution in [0.25, 0.3) is 0 Å². The van der Waals surface area contributed by atoms with E-state index in [1.165, 1.54) is 23.1 Å². The molecule has 0 unspecified atom stereocenters. The molecule has 4 nitrogen and oxygen atoms in total. The van der Waals surface area contributed by atoms with Crippen molar-refractivity contribution in [3.05, 3.63) is 0 Å². The van der Waals surface area contributed by atoms with E-state index in [4.69, 9.17) is 12.2 Å². The maximum Gasteiger partial charge on any atom is 0.242 e. The highest BCUT2D eigenvalue weighted by atomic mass is 32.2. The quantitative estimate of drug-likeness (QED) is 0.689. The minimum Gasteiger partial charge on any atom is -0.341 e. The van der Waals surface area contributed by atoms with Crippen molar-refractivity contribution in [2.75, 3.05) is 25.4 Å². The van der Waals surface area contributed by atoms with Gasteiger partial charge in [0.2, 0.25) is 11.8 Å². The molecule has 0 aromatic rings. The number of carbonyl (C=O) groups excluding carboxylic acids is 2. The number of likely N-dealkylation sites (tertiary alicyclic amines) is 1. The van der Waals surface area contributed by atoms with Crippen LogP contribution in [0.1, 0.15) is 19.3 Å². The number of piperidine rings is 1. The third-order valence-corrected chi connectivity index (χ3v) is 4.28. The summed E-state index contributed by atoms with van der Waals surface area (Å²) in [5.41, 5.74) is 0. The van der Waals surface area contributed by atoms with Crippen molar-refractivity contribution in [3.8, 4) is 0 Å². The molecule has 16 heavy (non-hydrogen) atoms. The normalized spacial score (nSPS) is 21.8. The molecule has 2 aliphatic heterocycles. The van der Waals surface area contributed by atoms with Crippen LogP contribution in [0.4, 0.5) is 0 Å². The number of nitrogens with zero attached hydrogens (tertiary/aromatic N) is 2. The zero-order valence-corrected chi connectivity index (χ0v) is 10.6. The molecule has 2 fully saturated rings. The summed E-state index contributed by atoms with van der Waals surface area (Å²) in [7, 11) is 0. The average molecular weight is 258 g/mol. The summed E-state index contributed by atoms with van der Waals surface area (Å²) >= 11 is 6.37. The summed E-state index contributed by atoms with van der Waals surface area (Å²) in [6.45, 7) is 1.77. The Labute approximate surface area is 104 Å². The van der Waals surface area contributed by atoms with Gasteiger partial charge in [-0.1, -0.05) is 24.0 Å². The Morgan fingerprint density at radius 3 is 2.56 bits per heavy atom. The van der Waals surface area contributed by atoms with Crippen LogP contribution in [-0.4, -0.2) is 51.3 Å². The first-order valence-electron chi connectivity index (χ1n) is 5.43. The van der Waals surface area contributed by atoms with Gasteiger partial charge in [-0.2, -0.15) is 0 Å². The molecule has 2 aliphatic rings. The van der Waals surface area contributed by atoms with Gasteiger partial charge >= 0.3 is 0 Å². The van der Waals surface area contributed by atoms with Crippen LogP contribution < -0.4 is 0 Å². The van der Waals surface area contributed by atoms with Crippen LogP contribution in [-0.2, 0) is 9.59 Å². The number of hydrogen-bond acceptors (Lipinski definition) is 4. The second kappa shape index (κ2) is 5.14. The van der Waals surface area contributed by atoms with Gasteiger partial charge in [-0.05, 0) is 19.3 Å². The molecule has 0 aromatic carbocycles. The standard InChI is InChI=1S/C10H14N2O2S2/c13-8(11-4-2-1-3-5-11)6-12-9(14)7-16-10(12)15/h1-7H2. The minimum absolute atomic E-state index is 0.0258. The van der Waals surface area contributed by atoms with Crippen LogP contribution in [0.2, 0.25) is 0 Å². The molecule has 0 N–H and O–H groups in total. The third kappa shape index (κ3) is 2.55. The van der Waals surface area contributed by atoms with Gasteiger partial charge in [0.15, 0.2) is 0 Å². The Morgan fingerprint density at radius 1 is 1.31 bits per heavy atom. The fourth-order valence-electron chi connectivity index (χ4n) is 1.91. The highest BCUT2D eigenvalue weighted by Crippen LogP contribution is 2.19. The molecule has 88 valence electrons. The van der Waals surface area contributed by atoms with Crippen LogP contribution >= 0.6 is 24.0 Å². The van der Waals surface area contributed by atoms with Crippen molar-refractivity contribution < 1.29 is 9.59 Å². The molecule has 0 spiro atoms. The molecular formula is C10H14N2O2S2. The second-order valence-corrected chi connectivity index (χ2v) is 5.59. The highest BCUT2D eigenvalue weighted by Gasteiger charge is 2.30. The second-order valence-electron chi connectivity index (χ2n) is 3.98. The molecular weight excluding hydrogens is 244 g/mol. The van der Waals surface area contributed by atoms with Gasteiger partial charge in [-0.3, -0.25) is 14.5 Å². The number of carbonyl (C=O) groups is 2.